The van der Waals surface area contributed by atoms with Crippen molar-refractivity contribution >= 4 is 33.7 Å². The molecule has 20 heavy (non-hydrogen) atoms. The molecule has 2 rings (SSSR count). The molecule has 2 aromatic heterocycles. The third-order valence-electron chi connectivity index (χ3n) is 2.81. The first-order valence-corrected chi connectivity index (χ1v) is 7.90. The van der Waals surface area contributed by atoms with Crippen LogP contribution in [0.5, 0.6) is 0 Å². The second-order valence-electron chi connectivity index (χ2n) is 4.39. The lowest BCUT2D eigenvalue weighted by Gasteiger charge is -2.15. The molecule has 0 fully saturated rings. The van der Waals surface area contributed by atoms with Gasteiger partial charge in [-0.1, -0.05) is 17.4 Å². The Bertz CT molecular complexity index is 603. The van der Waals surface area contributed by atoms with Gasteiger partial charge in [-0.15, -0.1) is 17.9 Å². The number of thiazole rings is 1. The lowest BCUT2D eigenvalue weighted by Crippen LogP contribution is -2.25. The third kappa shape index (κ3) is 3.46. The number of nitrogens with one attached hydrogen (secondary N) is 1. The minimum absolute atomic E-state index is 0.00181. The topological polar surface area (TPSA) is 45.2 Å². The van der Waals surface area contributed by atoms with Gasteiger partial charge < -0.3 is 10.2 Å². The first kappa shape index (κ1) is 14.7. The SMILES string of the molecule is C=CCNc1ncc(C(=O)N(C)Cc2sccc2C)s1. The maximum atomic E-state index is 12.3. The van der Waals surface area contributed by atoms with E-state index >= 15 is 0 Å². The number of aryl methyl sites for hydroxylation is 1. The van der Waals surface area contributed by atoms with Crippen LogP contribution in [0.1, 0.15) is 20.1 Å². The van der Waals surface area contributed by atoms with Crippen molar-refractivity contribution in [1.29, 1.82) is 0 Å². The second kappa shape index (κ2) is 6.67. The first-order chi connectivity index (χ1) is 9.61. The van der Waals surface area contributed by atoms with Crippen molar-refractivity contribution < 1.29 is 4.79 Å². The third-order valence-corrected chi connectivity index (χ3v) is 4.76. The van der Waals surface area contributed by atoms with E-state index in [9.17, 15) is 4.79 Å². The molecule has 0 aromatic carbocycles. The van der Waals surface area contributed by atoms with Gasteiger partial charge in [-0.3, -0.25) is 4.79 Å². The normalized spacial score (nSPS) is 10.3. The number of hydrogen-bond acceptors (Lipinski definition) is 5. The summed E-state index contributed by atoms with van der Waals surface area (Å²) in [6, 6.07) is 2.07. The van der Waals surface area contributed by atoms with Gasteiger partial charge in [0.1, 0.15) is 4.88 Å². The number of carbonyl (C=O) groups excluding carboxylic acids is 1. The number of nitrogens with zero attached hydrogens (tertiary/aromatic N) is 2. The lowest BCUT2D eigenvalue weighted by atomic mass is 10.3. The highest BCUT2D eigenvalue weighted by molar-refractivity contribution is 7.17. The van der Waals surface area contributed by atoms with Crippen molar-refractivity contribution in [2.75, 3.05) is 18.9 Å². The van der Waals surface area contributed by atoms with Gasteiger partial charge in [0.25, 0.3) is 5.91 Å². The molecule has 0 saturated heterocycles. The molecule has 0 saturated carbocycles. The number of hydrogen-bond donors (Lipinski definition) is 1. The zero-order chi connectivity index (χ0) is 14.5. The zero-order valence-corrected chi connectivity index (χ0v) is 13.2. The smallest absolute Gasteiger partial charge is 0.265 e. The van der Waals surface area contributed by atoms with E-state index < -0.39 is 0 Å². The molecule has 2 heterocycles. The Hall–Kier alpha value is -1.66. The average Bonchev–Trinajstić information content (AvgIpc) is 3.05. The van der Waals surface area contributed by atoms with Gasteiger partial charge in [-0.2, -0.15) is 0 Å². The van der Waals surface area contributed by atoms with Crippen LogP contribution in [0.15, 0.2) is 30.3 Å². The van der Waals surface area contributed by atoms with Crippen LogP contribution >= 0.6 is 22.7 Å². The molecule has 0 radical (unpaired) electrons. The summed E-state index contributed by atoms with van der Waals surface area (Å²) in [7, 11) is 1.82. The predicted molar refractivity (Wildman–Crippen MR) is 85.7 cm³/mol. The number of aromatic nitrogens is 1. The van der Waals surface area contributed by atoms with E-state index in [0.717, 1.165) is 5.13 Å². The van der Waals surface area contributed by atoms with Crippen LogP contribution < -0.4 is 5.32 Å². The molecule has 0 atom stereocenters. The summed E-state index contributed by atoms with van der Waals surface area (Å²) in [5.74, 6) is 0.00181. The fourth-order valence-corrected chi connectivity index (χ4v) is 3.43. The van der Waals surface area contributed by atoms with E-state index in [0.29, 0.717) is 18.0 Å². The summed E-state index contributed by atoms with van der Waals surface area (Å²) < 4.78 is 0. The van der Waals surface area contributed by atoms with E-state index in [4.69, 9.17) is 0 Å². The van der Waals surface area contributed by atoms with E-state index in [2.05, 4.69) is 29.9 Å². The van der Waals surface area contributed by atoms with Crippen molar-refractivity contribution in [2.24, 2.45) is 0 Å². The largest absolute Gasteiger partial charge is 0.358 e. The van der Waals surface area contributed by atoms with Crippen LogP contribution in [-0.2, 0) is 6.54 Å². The van der Waals surface area contributed by atoms with Crippen LogP contribution in [0.3, 0.4) is 0 Å². The minimum atomic E-state index is 0.00181. The molecule has 2 aromatic rings. The minimum Gasteiger partial charge on any atom is -0.358 e. The van der Waals surface area contributed by atoms with E-state index in [1.807, 2.05) is 12.4 Å². The maximum Gasteiger partial charge on any atom is 0.265 e. The average molecular weight is 307 g/mol. The van der Waals surface area contributed by atoms with Crippen LogP contribution in [0.4, 0.5) is 5.13 Å². The standard InChI is InChI=1S/C14H17N3OS2/c1-4-6-15-14-16-8-11(20-14)13(18)17(3)9-12-10(2)5-7-19-12/h4-5,7-8H,1,6,9H2,2-3H3,(H,15,16). The number of anilines is 1. The molecule has 0 aliphatic carbocycles. The maximum absolute atomic E-state index is 12.3. The van der Waals surface area contributed by atoms with Gasteiger partial charge in [-0.25, -0.2) is 4.98 Å². The molecule has 1 amide bonds. The molecule has 6 heteroatoms. The fraction of sp³-hybridized carbons (Fsp3) is 0.286. The monoisotopic (exact) mass is 307 g/mol. The summed E-state index contributed by atoms with van der Waals surface area (Å²) in [5.41, 5.74) is 1.23. The summed E-state index contributed by atoms with van der Waals surface area (Å²) in [6.07, 6.45) is 3.38. The Morgan fingerprint density at radius 2 is 2.40 bits per heavy atom. The molecule has 0 spiro atoms. The highest BCUT2D eigenvalue weighted by Crippen LogP contribution is 2.22. The number of amides is 1. The van der Waals surface area contributed by atoms with Gasteiger partial charge in [-0.05, 0) is 23.9 Å². The fourth-order valence-electron chi connectivity index (χ4n) is 1.66. The van der Waals surface area contributed by atoms with Crippen LogP contribution in [-0.4, -0.2) is 29.4 Å². The highest BCUT2D eigenvalue weighted by atomic mass is 32.1. The van der Waals surface area contributed by atoms with Crippen molar-refractivity contribution in [3.05, 3.63) is 45.6 Å². The van der Waals surface area contributed by atoms with E-state index in [1.54, 1.807) is 28.5 Å². The van der Waals surface area contributed by atoms with Gasteiger partial charge in [0, 0.05) is 18.5 Å². The molecule has 106 valence electrons. The summed E-state index contributed by atoms with van der Waals surface area (Å²) in [6.45, 7) is 6.98. The summed E-state index contributed by atoms with van der Waals surface area (Å²) in [5, 5.41) is 5.88. The predicted octanol–water partition coefficient (Wildman–Crippen LogP) is 3.38. The lowest BCUT2D eigenvalue weighted by molar-refractivity contribution is 0.0791. The van der Waals surface area contributed by atoms with Crippen molar-refractivity contribution in [3.8, 4) is 0 Å². The van der Waals surface area contributed by atoms with E-state index in [1.165, 1.54) is 21.8 Å². The number of thiophene rings is 1. The van der Waals surface area contributed by atoms with Crippen molar-refractivity contribution in [3.63, 3.8) is 0 Å². The van der Waals surface area contributed by atoms with Crippen LogP contribution in [0, 0.1) is 6.92 Å². The van der Waals surface area contributed by atoms with Gasteiger partial charge in [0.2, 0.25) is 0 Å². The van der Waals surface area contributed by atoms with Crippen LogP contribution in [0.2, 0.25) is 0 Å². The van der Waals surface area contributed by atoms with Crippen LogP contribution in [0.25, 0.3) is 0 Å². The Balaban J connectivity index is 2.01. The van der Waals surface area contributed by atoms with Crippen molar-refractivity contribution in [1.82, 2.24) is 9.88 Å². The Morgan fingerprint density at radius 3 is 3.05 bits per heavy atom. The summed E-state index contributed by atoms with van der Waals surface area (Å²) >= 11 is 3.05. The Kier molecular flexibility index (Phi) is 4.92. The molecule has 0 unspecified atom stereocenters. The molecular formula is C14H17N3OS2. The van der Waals surface area contributed by atoms with E-state index in [-0.39, 0.29) is 5.91 Å². The molecular weight excluding hydrogens is 290 g/mol. The quantitative estimate of drug-likeness (QED) is 0.832. The van der Waals surface area contributed by atoms with Gasteiger partial charge in [0.15, 0.2) is 5.13 Å². The van der Waals surface area contributed by atoms with Gasteiger partial charge >= 0.3 is 0 Å². The Labute approximate surface area is 126 Å². The number of rotatable bonds is 6. The van der Waals surface area contributed by atoms with Gasteiger partial charge in [0.05, 0.1) is 12.7 Å². The number of carbonyl (C=O) groups is 1. The highest BCUT2D eigenvalue weighted by Gasteiger charge is 2.16. The molecule has 0 aliphatic rings. The molecule has 0 bridgehead atoms. The summed E-state index contributed by atoms with van der Waals surface area (Å²) in [4.78, 5) is 20.1. The van der Waals surface area contributed by atoms with Crippen molar-refractivity contribution in [2.45, 2.75) is 13.5 Å². The molecule has 0 aliphatic heterocycles. The first-order valence-electron chi connectivity index (χ1n) is 6.21. The second-order valence-corrected chi connectivity index (χ2v) is 6.42. The molecule has 4 nitrogen and oxygen atoms in total. The molecule has 1 N–H and O–H groups in total. The zero-order valence-electron chi connectivity index (χ0n) is 11.5. The Morgan fingerprint density at radius 1 is 1.60 bits per heavy atom.